The van der Waals surface area contributed by atoms with Crippen LogP contribution in [0.15, 0.2) is 42.5 Å². The maximum absolute atomic E-state index is 12.3. The third-order valence-corrected chi connectivity index (χ3v) is 3.76. The molecule has 6 heteroatoms. The summed E-state index contributed by atoms with van der Waals surface area (Å²) in [5.41, 5.74) is 8.58. The normalized spacial score (nSPS) is 13.3. The zero-order valence-electron chi connectivity index (χ0n) is 12.2. The van der Waals surface area contributed by atoms with Gasteiger partial charge in [0.2, 0.25) is 0 Å². The number of benzene rings is 2. The molecule has 2 amide bonds. The maximum Gasteiger partial charge on any atom is 0.305 e. The van der Waals surface area contributed by atoms with Crippen molar-refractivity contribution in [2.24, 2.45) is 0 Å². The first-order valence-corrected chi connectivity index (χ1v) is 7.05. The minimum absolute atomic E-state index is 0.126. The van der Waals surface area contributed by atoms with Crippen molar-refractivity contribution < 1.29 is 19.5 Å². The first-order chi connectivity index (χ1) is 11.0. The predicted molar refractivity (Wildman–Crippen MR) is 83.9 cm³/mol. The fourth-order valence-corrected chi connectivity index (χ4v) is 2.56. The number of carbonyl (C=O) groups excluding carboxylic acids is 2. The minimum atomic E-state index is -1.05. The largest absolute Gasteiger partial charge is 0.481 e. The van der Waals surface area contributed by atoms with Crippen molar-refractivity contribution >= 4 is 23.5 Å². The highest BCUT2D eigenvalue weighted by Gasteiger charge is 2.35. The molecule has 116 valence electrons. The van der Waals surface area contributed by atoms with E-state index in [1.54, 1.807) is 30.3 Å². The average molecular weight is 310 g/mol. The predicted octanol–water partition coefficient (Wildman–Crippen LogP) is 2.01. The second-order valence-electron chi connectivity index (χ2n) is 5.29. The van der Waals surface area contributed by atoms with Gasteiger partial charge in [0.15, 0.2) is 0 Å². The Kier molecular flexibility index (Phi) is 3.57. The number of carboxylic acid groups (broad SMARTS) is 1. The molecule has 1 aliphatic heterocycles. The Morgan fingerprint density at radius 2 is 1.57 bits per heavy atom. The Labute approximate surface area is 132 Å². The van der Waals surface area contributed by atoms with E-state index in [0.717, 1.165) is 16.0 Å². The zero-order valence-corrected chi connectivity index (χ0v) is 12.2. The molecule has 3 rings (SSSR count). The molecule has 0 saturated carbocycles. The van der Waals surface area contributed by atoms with E-state index in [4.69, 9.17) is 10.8 Å². The number of carboxylic acids is 1. The Hall–Kier alpha value is -3.15. The molecule has 0 bridgehead atoms. The van der Waals surface area contributed by atoms with Crippen LogP contribution in [0.4, 0.5) is 5.69 Å². The highest BCUT2D eigenvalue weighted by Crippen LogP contribution is 2.29. The van der Waals surface area contributed by atoms with Gasteiger partial charge in [-0.25, -0.2) is 0 Å². The molecule has 1 aliphatic rings. The summed E-state index contributed by atoms with van der Waals surface area (Å²) in [5.74, 6) is -1.96. The van der Waals surface area contributed by atoms with Gasteiger partial charge in [-0.2, -0.15) is 0 Å². The van der Waals surface area contributed by atoms with E-state index < -0.39 is 17.8 Å². The number of carbonyl (C=O) groups is 3. The molecule has 0 unspecified atom stereocenters. The molecule has 0 atom stereocenters. The smallest absolute Gasteiger partial charge is 0.305 e. The number of nitrogens with two attached hydrogens (primary N) is 1. The molecule has 0 fully saturated rings. The summed E-state index contributed by atoms with van der Waals surface area (Å²) in [5, 5.41) is 8.72. The Morgan fingerprint density at radius 3 is 2.22 bits per heavy atom. The number of nitrogens with zero attached hydrogens (tertiary/aromatic N) is 1. The number of nitrogen functional groups attached to an aromatic ring is 1. The molecule has 6 nitrogen and oxygen atoms in total. The molecule has 0 radical (unpaired) electrons. The number of aliphatic carboxylic acids is 1. The van der Waals surface area contributed by atoms with Crippen molar-refractivity contribution in [3.05, 3.63) is 53.6 Å². The van der Waals surface area contributed by atoms with Crippen molar-refractivity contribution in [2.45, 2.75) is 6.42 Å². The fourth-order valence-electron chi connectivity index (χ4n) is 2.56. The van der Waals surface area contributed by atoms with Crippen molar-refractivity contribution in [1.29, 1.82) is 0 Å². The number of rotatable bonds is 4. The van der Waals surface area contributed by atoms with Crippen LogP contribution in [0.3, 0.4) is 0 Å². The van der Waals surface area contributed by atoms with Crippen LogP contribution in [0.5, 0.6) is 0 Å². The van der Waals surface area contributed by atoms with Gasteiger partial charge in [-0.3, -0.25) is 19.3 Å². The number of hydrogen-bond donors (Lipinski definition) is 2. The molecule has 0 saturated heterocycles. The van der Waals surface area contributed by atoms with Gasteiger partial charge < -0.3 is 10.8 Å². The van der Waals surface area contributed by atoms with Crippen LogP contribution in [0.25, 0.3) is 11.1 Å². The summed E-state index contributed by atoms with van der Waals surface area (Å²) >= 11 is 0. The zero-order chi connectivity index (χ0) is 16.6. The van der Waals surface area contributed by atoms with E-state index >= 15 is 0 Å². The van der Waals surface area contributed by atoms with Crippen LogP contribution in [0.1, 0.15) is 27.1 Å². The third-order valence-electron chi connectivity index (χ3n) is 3.76. The average Bonchev–Trinajstić information content (AvgIpc) is 2.77. The second kappa shape index (κ2) is 5.57. The first kappa shape index (κ1) is 14.8. The molecule has 23 heavy (non-hydrogen) atoms. The lowest BCUT2D eigenvalue weighted by atomic mass is 10.00. The number of anilines is 1. The summed E-state index contributed by atoms with van der Waals surface area (Å²) in [4.78, 5) is 36.2. The quantitative estimate of drug-likeness (QED) is 0.664. The standard InChI is InChI=1S/C17H14N2O4/c18-12-4-1-10(2-5-12)11-3-6-13-14(9-11)17(23)19(16(13)22)8-7-15(20)21/h1-6,9H,7-8,18H2,(H,20,21). The van der Waals surface area contributed by atoms with Crippen molar-refractivity contribution in [3.63, 3.8) is 0 Å². The molecular formula is C17H14N2O4. The molecule has 1 heterocycles. The van der Waals surface area contributed by atoms with Crippen LogP contribution in [0, 0.1) is 0 Å². The first-order valence-electron chi connectivity index (χ1n) is 7.05. The highest BCUT2D eigenvalue weighted by molar-refractivity contribution is 6.21. The Morgan fingerprint density at radius 1 is 0.957 bits per heavy atom. The third kappa shape index (κ3) is 2.66. The van der Waals surface area contributed by atoms with Crippen LogP contribution in [-0.2, 0) is 4.79 Å². The van der Waals surface area contributed by atoms with Gasteiger partial charge in [-0.1, -0.05) is 18.2 Å². The molecule has 3 N–H and O–H groups in total. The molecule has 2 aromatic carbocycles. The number of imide groups is 1. The van der Waals surface area contributed by atoms with Gasteiger partial charge in [0, 0.05) is 12.2 Å². The molecule has 0 spiro atoms. The van der Waals surface area contributed by atoms with E-state index in [-0.39, 0.29) is 13.0 Å². The van der Waals surface area contributed by atoms with Gasteiger partial charge in [0.05, 0.1) is 17.5 Å². The van der Waals surface area contributed by atoms with Crippen LogP contribution in [0.2, 0.25) is 0 Å². The lowest BCUT2D eigenvalue weighted by molar-refractivity contribution is -0.137. The lowest BCUT2D eigenvalue weighted by Gasteiger charge is -2.11. The topological polar surface area (TPSA) is 101 Å². The SMILES string of the molecule is Nc1ccc(-c2ccc3c(c2)C(=O)N(CCC(=O)O)C3=O)cc1. The Bertz CT molecular complexity index is 812. The monoisotopic (exact) mass is 310 g/mol. The van der Waals surface area contributed by atoms with Crippen LogP contribution in [-0.4, -0.2) is 34.3 Å². The van der Waals surface area contributed by atoms with Crippen LogP contribution >= 0.6 is 0 Å². The molecule has 0 aliphatic carbocycles. The van der Waals surface area contributed by atoms with Crippen LogP contribution < -0.4 is 5.73 Å². The van der Waals surface area contributed by atoms with Crippen molar-refractivity contribution in [2.75, 3.05) is 12.3 Å². The molecule has 2 aromatic rings. The van der Waals surface area contributed by atoms with Gasteiger partial charge in [-0.15, -0.1) is 0 Å². The summed E-state index contributed by atoms with van der Waals surface area (Å²) in [7, 11) is 0. The van der Waals surface area contributed by atoms with Gasteiger partial charge in [0.25, 0.3) is 11.8 Å². The Balaban J connectivity index is 1.93. The lowest BCUT2D eigenvalue weighted by Crippen LogP contribution is -2.31. The maximum atomic E-state index is 12.3. The number of fused-ring (bicyclic) bond motifs is 1. The van der Waals surface area contributed by atoms with Crippen molar-refractivity contribution in [3.8, 4) is 11.1 Å². The van der Waals surface area contributed by atoms with E-state index in [1.165, 1.54) is 0 Å². The molecular weight excluding hydrogens is 296 g/mol. The number of hydrogen-bond acceptors (Lipinski definition) is 4. The minimum Gasteiger partial charge on any atom is -0.481 e. The summed E-state index contributed by atoms with van der Waals surface area (Å²) in [6, 6.07) is 12.2. The highest BCUT2D eigenvalue weighted by atomic mass is 16.4. The van der Waals surface area contributed by atoms with Gasteiger partial charge in [-0.05, 0) is 35.4 Å². The molecule has 0 aromatic heterocycles. The summed E-state index contributed by atoms with van der Waals surface area (Å²) < 4.78 is 0. The van der Waals surface area contributed by atoms with E-state index in [9.17, 15) is 14.4 Å². The fraction of sp³-hybridized carbons (Fsp3) is 0.118. The second-order valence-corrected chi connectivity index (χ2v) is 5.29. The summed E-state index contributed by atoms with van der Waals surface area (Å²) in [6.45, 7) is -0.126. The van der Waals surface area contributed by atoms with E-state index in [2.05, 4.69) is 0 Å². The van der Waals surface area contributed by atoms with Gasteiger partial charge in [0.1, 0.15) is 0 Å². The summed E-state index contributed by atoms with van der Waals surface area (Å²) in [6.07, 6.45) is -0.268. The number of amides is 2. The van der Waals surface area contributed by atoms with Crippen molar-refractivity contribution in [1.82, 2.24) is 4.90 Å². The van der Waals surface area contributed by atoms with Gasteiger partial charge >= 0.3 is 5.97 Å². The van der Waals surface area contributed by atoms with E-state index in [0.29, 0.717) is 16.8 Å². The van der Waals surface area contributed by atoms with E-state index in [1.807, 2.05) is 12.1 Å².